The quantitative estimate of drug-likeness (QED) is 0.706. The number of alkyl halides is 1. The summed E-state index contributed by atoms with van der Waals surface area (Å²) < 4.78 is 18.3. The van der Waals surface area contributed by atoms with E-state index in [4.69, 9.17) is 4.74 Å². The Morgan fingerprint density at radius 1 is 1.31 bits per heavy atom. The predicted molar refractivity (Wildman–Crippen MR) is 63.5 cm³/mol. The Hall–Kier alpha value is -1.31. The lowest BCUT2D eigenvalue weighted by atomic mass is 9.93. The van der Waals surface area contributed by atoms with Crippen molar-refractivity contribution in [3.63, 3.8) is 0 Å². The van der Waals surface area contributed by atoms with Gasteiger partial charge in [0, 0.05) is 0 Å². The van der Waals surface area contributed by atoms with E-state index in [1.165, 1.54) is 11.1 Å². The van der Waals surface area contributed by atoms with Gasteiger partial charge >= 0.3 is 0 Å². The van der Waals surface area contributed by atoms with Crippen molar-refractivity contribution in [2.75, 3.05) is 7.11 Å². The van der Waals surface area contributed by atoms with E-state index >= 15 is 0 Å². The van der Waals surface area contributed by atoms with Gasteiger partial charge in [-0.25, -0.2) is 4.39 Å². The molecule has 0 fully saturated rings. The summed E-state index contributed by atoms with van der Waals surface area (Å²) in [5, 5.41) is 0. The summed E-state index contributed by atoms with van der Waals surface area (Å²) in [4.78, 5) is 0. The van der Waals surface area contributed by atoms with Crippen LogP contribution in [0.15, 0.2) is 35.9 Å². The molecule has 1 aliphatic carbocycles. The molecule has 0 aromatic heterocycles. The van der Waals surface area contributed by atoms with Crippen LogP contribution >= 0.6 is 0 Å². The maximum Gasteiger partial charge on any atom is 0.119 e. The van der Waals surface area contributed by atoms with Gasteiger partial charge in [0.2, 0.25) is 0 Å². The number of hydrogen-bond donors (Lipinski definition) is 0. The van der Waals surface area contributed by atoms with E-state index in [0.717, 1.165) is 25.0 Å². The molecule has 1 aromatic rings. The molecule has 16 heavy (non-hydrogen) atoms. The molecule has 1 nitrogen and oxygen atoms in total. The highest BCUT2D eigenvalue weighted by Crippen LogP contribution is 2.24. The topological polar surface area (TPSA) is 9.23 Å². The molecule has 0 bridgehead atoms. The SMILES string of the molecule is COc1ccc(CC2=CC(F)CCC2)cc1. The van der Waals surface area contributed by atoms with E-state index in [9.17, 15) is 4.39 Å². The third-order valence-electron chi connectivity index (χ3n) is 2.98. The lowest BCUT2D eigenvalue weighted by Crippen LogP contribution is -2.05. The van der Waals surface area contributed by atoms with Gasteiger partial charge in [-0.3, -0.25) is 0 Å². The van der Waals surface area contributed by atoms with Crippen LogP contribution in [0.1, 0.15) is 24.8 Å². The average molecular weight is 220 g/mol. The Balaban J connectivity index is 2.03. The zero-order valence-electron chi connectivity index (χ0n) is 9.58. The second-order valence-corrected chi connectivity index (χ2v) is 4.26. The van der Waals surface area contributed by atoms with Crippen molar-refractivity contribution in [2.45, 2.75) is 31.9 Å². The van der Waals surface area contributed by atoms with Crippen molar-refractivity contribution in [3.8, 4) is 5.75 Å². The Labute approximate surface area is 95.9 Å². The summed E-state index contributed by atoms with van der Waals surface area (Å²) in [7, 11) is 1.66. The minimum absolute atomic E-state index is 0.687. The highest BCUT2D eigenvalue weighted by molar-refractivity contribution is 5.30. The van der Waals surface area contributed by atoms with Gasteiger partial charge in [-0.05, 0) is 43.4 Å². The largest absolute Gasteiger partial charge is 0.497 e. The third-order valence-corrected chi connectivity index (χ3v) is 2.98. The van der Waals surface area contributed by atoms with Gasteiger partial charge in [0.15, 0.2) is 0 Å². The maximum atomic E-state index is 13.2. The standard InChI is InChI=1S/C14H17FO/c1-16-14-7-5-11(6-8-14)9-12-3-2-4-13(15)10-12/h5-8,10,13H,2-4,9H2,1H3. The molecule has 0 radical (unpaired) electrons. The first-order valence-electron chi connectivity index (χ1n) is 5.74. The number of benzene rings is 1. The normalized spacial score (nSPS) is 20.4. The first kappa shape index (κ1) is 11.2. The zero-order chi connectivity index (χ0) is 11.4. The van der Waals surface area contributed by atoms with Crippen molar-refractivity contribution in [2.24, 2.45) is 0 Å². The molecule has 1 unspecified atom stereocenters. The Morgan fingerprint density at radius 2 is 2.06 bits per heavy atom. The summed E-state index contributed by atoms with van der Waals surface area (Å²) >= 11 is 0. The number of halogens is 1. The fourth-order valence-electron chi connectivity index (χ4n) is 2.10. The maximum absolute atomic E-state index is 13.2. The average Bonchev–Trinajstić information content (AvgIpc) is 2.30. The number of hydrogen-bond acceptors (Lipinski definition) is 1. The second kappa shape index (κ2) is 5.15. The van der Waals surface area contributed by atoms with Crippen LogP contribution in [0.3, 0.4) is 0 Å². The molecule has 0 heterocycles. The van der Waals surface area contributed by atoms with Gasteiger partial charge in [-0.1, -0.05) is 23.8 Å². The van der Waals surface area contributed by atoms with Gasteiger partial charge in [0.05, 0.1) is 7.11 Å². The van der Waals surface area contributed by atoms with Crippen LogP contribution in [0.25, 0.3) is 0 Å². The van der Waals surface area contributed by atoms with E-state index in [2.05, 4.69) is 0 Å². The van der Waals surface area contributed by atoms with Crippen molar-refractivity contribution < 1.29 is 9.13 Å². The molecule has 86 valence electrons. The number of ether oxygens (including phenoxy) is 1. The van der Waals surface area contributed by atoms with Gasteiger partial charge in [-0.2, -0.15) is 0 Å². The van der Waals surface area contributed by atoms with Gasteiger partial charge < -0.3 is 4.74 Å². The fourth-order valence-corrected chi connectivity index (χ4v) is 2.10. The van der Waals surface area contributed by atoms with Crippen LogP contribution in [0, 0.1) is 0 Å². The van der Waals surface area contributed by atoms with E-state index in [0.29, 0.717) is 6.42 Å². The summed E-state index contributed by atoms with van der Waals surface area (Å²) in [6.45, 7) is 0. The summed E-state index contributed by atoms with van der Waals surface area (Å²) in [6.07, 6.45) is 4.61. The molecule has 0 saturated heterocycles. The lowest BCUT2D eigenvalue weighted by molar-refractivity contribution is 0.355. The molecule has 0 spiro atoms. The van der Waals surface area contributed by atoms with Crippen LogP contribution in [0.5, 0.6) is 5.75 Å². The fraction of sp³-hybridized carbons (Fsp3) is 0.429. The summed E-state index contributed by atoms with van der Waals surface area (Å²) in [5.74, 6) is 0.866. The third kappa shape index (κ3) is 2.84. The van der Waals surface area contributed by atoms with Crippen molar-refractivity contribution in [3.05, 3.63) is 41.5 Å². The molecule has 0 amide bonds. The first-order chi connectivity index (χ1) is 7.78. The highest BCUT2D eigenvalue weighted by Gasteiger charge is 2.12. The zero-order valence-corrected chi connectivity index (χ0v) is 9.58. The minimum Gasteiger partial charge on any atom is -0.497 e. The van der Waals surface area contributed by atoms with Gasteiger partial charge in [0.25, 0.3) is 0 Å². The first-order valence-corrected chi connectivity index (χ1v) is 5.74. The summed E-state index contributed by atoms with van der Waals surface area (Å²) in [5.41, 5.74) is 2.45. The molecular weight excluding hydrogens is 203 g/mol. The molecule has 2 heteroatoms. The molecule has 1 atom stereocenters. The Morgan fingerprint density at radius 3 is 2.69 bits per heavy atom. The second-order valence-electron chi connectivity index (χ2n) is 4.26. The monoisotopic (exact) mass is 220 g/mol. The predicted octanol–water partition coefficient (Wildman–Crippen LogP) is 3.69. The van der Waals surface area contributed by atoms with E-state index in [1.54, 1.807) is 13.2 Å². The lowest BCUT2D eigenvalue weighted by Gasteiger charge is -2.15. The van der Waals surface area contributed by atoms with Crippen LogP contribution in [0.2, 0.25) is 0 Å². The Kier molecular flexibility index (Phi) is 3.60. The highest BCUT2D eigenvalue weighted by atomic mass is 19.1. The molecule has 0 N–H and O–H groups in total. The van der Waals surface area contributed by atoms with Crippen LogP contribution in [0.4, 0.5) is 4.39 Å². The van der Waals surface area contributed by atoms with Crippen LogP contribution in [-0.2, 0) is 6.42 Å². The number of allylic oxidation sites excluding steroid dienone is 2. The van der Waals surface area contributed by atoms with Crippen LogP contribution in [-0.4, -0.2) is 13.3 Å². The van der Waals surface area contributed by atoms with E-state index < -0.39 is 6.17 Å². The van der Waals surface area contributed by atoms with Gasteiger partial charge in [0.1, 0.15) is 11.9 Å². The summed E-state index contributed by atoms with van der Waals surface area (Å²) in [6, 6.07) is 7.99. The molecule has 1 aliphatic rings. The van der Waals surface area contributed by atoms with E-state index in [-0.39, 0.29) is 0 Å². The smallest absolute Gasteiger partial charge is 0.119 e. The van der Waals surface area contributed by atoms with E-state index in [1.807, 2.05) is 24.3 Å². The van der Waals surface area contributed by atoms with Gasteiger partial charge in [-0.15, -0.1) is 0 Å². The molecule has 0 aliphatic heterocycles. The molecule has 2 rings (SSSR count). The number of methoxy groups -OCH3 is 1. The van der Waals surface area contributed by atoms with Crippen LogP contribution < -0.4 is 4.74 Å². The molecule has 1 aromatic carbocycles. The van der Waals surface area contributed by atoms with Crippen molar-refractivity contribution in [1.29, 1.82) is 0 Å². The van der Waals surface area contributed by atoms with Crippen molar-refractivity contribution >= 4 is 0 Å². The number of rotatable bonds is 3. The van der Waals surface area contributed by atoms with Crippen molar-refractivity contribution in [1.82, 2.24) is 0 Å². The Bertz CT molecular complexity index is 367. The molecular formula is C14H17FO. The molecule has 0 saturated carbocycles. The minimum atomic E-state index is -0.734.